The number of benzene rings is 5. The fourth-order valence-corrected chi connectivity index (χ4v) is 7.87. The minimum absolute atomic E-state index is 0.727. The zero-order valence-electron chi connectivity index (χ0n) is 27.8. The predicted octanol–water partition coefficient (Wildman–Crippen LogP) is 11.0. The van der Waals surface area contributed by atoms with Crippen LogP contribution in [0.25, 0.3) is 77.3 Å². The lowest BCUT2D eigenvalue weighted by atomic mass is 9.98. The number of pyridine rings is 3. The first-order chi connectivity index (χ1) is 24.5. The van der Waals surface area contributed by atoms with Crippen molar-refractivity contribution in [1.29, 1.82) is 0 Å². The quantitative estimate of drug-likeness (QED) is 0.179. The van der Waals surface area contributed by atoms with Crippen LogP contribution in [0.5, 0.6) is 11.5 Å². The van der Waals surface area contributed by atoms with E-state index in [9.17, 15) is 0 Å². The van der Waals surface area contributed by atoms with E-state index in [4.69, 9.17) is 19.7 Å². The molecule has 0 aliphatic rings. The van der Waals surface area contributed by atoms with Gasteiger partial charge in [-0.05, 0) is 91.9 Å². The Hall–Kier alpha value is -6.53. The molecule has 0 fully saturated rings. The number of ether oxygens (including phenoxy) is 1. The number of rotatable bonds is 4. The van der Waals surface area contributed by atoms with E-state index in [1.807, 2.05) is 36.7 Å². The molecule has 10 aromatic rings. The van der Waals surface area contributed by atoms with Gasteiger partial charge in [-0.25, -0.2) is 9.97 Å². The first-order valence-corrected chi connectivity index (χ1v) is 16.8. The van der Waals surface area contributed by atoms with Gasteiger partial charge in [0.05, 0.1) is 34.1 Å². The highest BCUT2D eigenvalue weighted by Crippen LogP contribution is 2.38. The molecule has 0 unspecified atom stereocenters. The minimum Gasteiger partial charge on any atom is -0.457 e. The second-order valence-corrected chi connectivity index (χ2v) is 13.2. The van der Waals surface area contributed by atoms with Gasteiger partial charge in [-0.2, -0.15) is 0 Å². The summed E-state index contributed by atoms with van der Waals surface area (Å²) in [6, 6.07) is 40.0. The van der Waals surface area contributed by atoms with Crippen LogP contribution < -0.4 is 4.74 Å². The Morgan fingerprint density at radius 3 is 2.08 bits per heavy atom. The summed E-state index contributed by atoms with van der Waals surface area (Å²) >= 11 is 0. The molecule has 5 aromatic carbocycles. The smallest absolute Gasteiger partial charge is 0.146 e. The number of aromatic nitrogens is 5. The second kappa shape index (κ2) is 10.7. The molecule has 0 saturated carbocycles. The van der Waals surface area contributed by atoms with E-state index >= 15 is 0 Å². The fraction of sp³-hybridized carbons (Fsp3) is 0.0682. The third kappa shape index (κ3) is 4.25. The van der Waals surface area contributed by atoms with Crippen molar-refractivity contribution < 1.29 is 4.74 Å². The Morgan fingerprint density at radius 2 is 1.28 bits per heavy atom. The first-order valence-electron chi connectivity index (χ1n) is 16.8. The van der Waals surface area contributed by atoms with Crippen molar-refractivity contribution in [2.45, 2.75) is 20.8 Å². The molecular weight excluding hydrogens is 615 g/mol. The van der Waals surface area contributed by atoms with E-state index in [0.717, 1.165) is 77.8 Å². The number of fused-ring (bicyclic) bond motifs is 12. The molecule has 6 nitrogen and oxygen atoms in total. The van der Waals surface area contributed by atoms with Gasteiger partial charge >= 0.3 is 0 Å². The molecule has 0 bridgehead atoms. The van der Waals surface area contributed by atoms with E-state index in [1.165, 1.54) is 27.6 Å². The van der Waals surface area contributed by atoms with Gasteiger partial charge in [-0.15, -0.1) is 0 Å². The standard InChI is InChI=1S/C44H31N5O/c1-26-20-27(2)41(28(3)21-26)37-25-48-38-13-8-7-12-33(38)32-17-15-30(22-35(32)44(48)47-37)50-31-16-18-34-36(23-31)43-46-24-40(29-10-5-4-6-11-29)49(43)39-14-9-19-45-42(34)39/h4-25H,1-3H3. The lowest BCUT2D eigenvalue weighted by Crippen LogP contribution is -1.95. The Morgan fingerprint density at radius 1 is 0.580 bits per heavy atom. The average molecular weight is 646 g/mol. The maximum Gasteiger partial charge on any atom is 0.146 e. The van der Waals surface area contributed by atoms with Crippen LogP contribution in [0, 0.1) is 20.8 Å². The van der Waals surface area contributed by atoms with Crippen LogP contribution in [-0.2, 0) is 0 Å². The summed E-state index contributed by atoms with van der Waals surface area (Å²) in [5, 5.41) is 5.35. The third-order valence-electron chi connectivity index (χ3n) is 9.91. The largest absolute Gasteiger partial charge is 0.457 e. The summed E-state index contributed by atoms with van der Waals surface area (Å²) in [5.74, 6) is 1.47. The molecule has 0 atom stereocenters. The van der Waals surface area contributed by atoms with Crippen molar-refractivity contribution >= 4 is 54.8 Å². The van der Waals surface area contributed by atoms with Crippen LogP contribution in [-0.4, -0.2) is 23.8 Å². The van der Waals surface area contributed by atoms with Crippen LogP contribution in [0.2, 0.25) is 0 Å². The second-order valence-electron chi connectivity index (χ2n) is 13.2. The molecule has 0 aliphatic heterocycles. The van der Waals surface area contributed by atoms with Crippen molar-refractivity contribution in [3.8, 4) is 34.0 Å². The molecule has 0 radical (unpaired) electrons. The Labute approximate surface area is 287 Å². The van der Waals surface area contributed by atoms with Gasteiger partial charge in [0.15, 0.2) is 0 Å². The topological polar surface area (TPSA) is 56.7 Å². The summed E-state index contributed by atoms with van der Waals surface area (Å²) < 4.78 is 11.1. The van der Waals surface area contributed by atoms with E-state index in [0.29, 0.717) is 0 Å². The molecule has 50 heavy (non-hydrogen) atoms. The van der Waals surface area contributed by atoms with E-state index in [2.05, 4.69) is 127 Å². The SMILES string of the molecule is Cc1cc(C)c(-c2cn3c4ccccc4c4ccc(Oc5ccc6c(c5)c5ncc(-c7ccccc7)n5c5cccnc65)cc4c3n2)c(C)c1. The highest BCUT2D eigenvalue weighted by Gasteiger charge is 2.18. The number of nitrogens with zero attached hydrogens (tertiary/aromatic N) is 5. The molecule has 0 amide bonds. The van der Waals surface area contributed by atoms with Gasteiger partial charge in [-0.3, -0.25) is 13.8 Å². The number of imidazole rings is 2. The minimum atomic E-state index is 0.727. The summed E-state index contributed by atoms with van der Waals surface area (Å²) in [4.78, 5) is 15.0. The van der Waals surface area contributed by atoms with Gasteiger partial charge in [-0.1, -0.05) is 66.2 Å². The molecule has 5 heterocycles. The monoisotopic (exact) mass is 645 g/mol. The highest BCUT2D eigenvalue weighted by atomic mass is 16.5. The molecular formula is C44H31N5O. The van der Waals surface area contributed by atoms with Gasteiger partial charge < -0.3 is 4.74 Å². The summed E-state index contributed by atoms with van der Waals surface area (Å²) in [6.45, 7) is 6.48. The molecule has 0 aliphatic carbocycles. The lowest BCUT2D eigenvalue weighted by Gasteiger charge is -2.13. The molecule has 238 valence electrons. The molecule has 0 N–H and O–H groups in total. The number of aryl methyl sites for hydroxylation is 3. The number of hydrogen-bond donors (Lipinski definition) is 0. The summed E-state index contributed by atoms with van der Waals surface area (Å²) in [5.41, 5.74) is 12.8. The normalized spacial score (nSPS) is 11.9. The Kier molecular flexibility index (Phi) is 6.12. The van der Waals surface area contributed by atoms with Crippen molar-refractivity contribution in [2.24, 2.45) is 0 Å². The predicted molar refractivity (Wildman–Crippen MR) is 203 cm³/mol. The number of hydrogen-bond acceptors (Lipinski definition) is 4. The van der Waals surface area contributed by atoms with Gasteiger partial charge in [0.1, 0.15) is 22.8 Å². The van der Waals surface area contributed by atoms with Crippen LogP contribution in [0.15, 0.2) is 134 Å². The van der Waals surface area contributed by atoms with E-state index < -0.39 is 0 Å². The van der Waals surface area contributed by atoms with Crippen LogP contribution >= 0.6 is 0 Å². The summed E-state index contributed by atoms with van der Waals surface area (Å²) in [7, 11) is 0. The number of para-hydroxylation sites is 1. The Bertz CT molecular complexity index is 2970. The maximum absolute atomic E-state index is 6.66. The lowest BCUT2D eigenvalue weighted by molar-refractivity contribution is 0.484. The van der Waals surface area contributed by atoms with Crippen molar-refractivity contribution in [3.05, 3.63) is 151 Å². The average Bonchev–Trinajstić information content (AvgIpc) is 3.78. The zero-order valence-corrected chi connectivity index (χ0v) is 27.8. The van der Waals surface area contributed by atoms with Gasteiger partial charge in [0.2, 0.25) is 0 Å². The molecule has 6 heteroatoms. The molecule has 10 rings (SSSR count). The summed E-state index contributed by atoms with van der Waals surface area (Å²) in [6.07, 6.45) is 5.97. The fourth-order valence-electron chi connectivity index (χ4n) is 7.87. The maximum atomic E-state index is 6.66. The molecule has 5 aromatic heterocycles. The molecule has 0 saturated heterocycles. The van der Waals surface area contributed by atoms with Crippen molar-refractivity contribution in [1.82, 2.24) is 23.8 Å². The van der Waals surface area contributed by atoms with Crippen LogP contribution in [0.1, 0.15) is 16.7 Å². The van der Waals surface area contributed by atoms with E-state index in [-0.39, 0.29) is 0 Å². The van der Waals surface area contributed by atoms with Crippen LogP contribution in [0.4, 0.5) is 0 Å². The van der Waals surface area contributed by atoms with Crippen LogP contribution in [0.3, 0.4) is 0 Å². The first kappa shape index (κ1) is 28.5. The molecule has 0 spiro atoms. The van der Waals surface area contributed by atoms with Crippen molar-refractivity contribution in [2.75, 3.05) is 0 Å². The van der Waals surface area contributed by atoms with Gasteiger partial charge in [0.25, 0.3) is 0 Å². The van der Waals surface area contributed by atoms with Gasteiger partial charge in [0, 0.05) is 45.1 Å². The van der Waals surface area contributed by atoms with Crippen molar-refractivity contribution in [3.63, 3.8) is 0 Å². The van der Waals surface area contributed by atoms with E-state index in [1.54, 1.807) is 0 Å². The zero-order chi connectivity index (χ0) is 33.5. The third-order valence-corrected chi connectivity index (χ3v) is 9.91. The Balaban J connectivity index is 1.15. The highest BCUT2D eigenvalue weighted by molar-refractivity contribution is 6.13.